The van der Waals surface area contributed by atoms with Crippen molar-refractivity contribution in [2.24, 2.45) is 0 Å². The second-order valence-electron chi connectivity index (χ2n) is 4.93. The van der Waals surface area contributed by atoms with Gasteiger partial charge in [-0.3, -0.25) is 4.55 Å². The van der Waals surface area contributed by atoms with Crippen LogP contribution in [0.5, 0.6) is 0 Å². The van der Waals surface area contributed by atoms with Gasteiger partial charge in [0, 0.05) is 0 Å². The maximum Gasteiger partial charge on any atom is 0.426 e. The van der Waals surface area contributed by atoms with E-state index in [1.807, 2.05) is 21.8 Å². The summed E-state index contributed by atoms with van der Waals surface area (Å²) in [5, 5.41) is 0. The van der Waals surface area contributed by atoms with E-state index in [2.05, 4.69) is 4.74 Å². The molecule has 23 heavy (non-hydrogen) atoms. The van der Waals surface area contributed by atoms with Crippen molar-refractivity contribution in [3.05, 3.63) is 34.9 Å². The third-order valence-corrected chi connectivity index (χ3v) is 3.81. The van der Waals surface area contributed by atoms with Crippen LogP contribution in [0.3, 0.4) is 0 Å². The van der Waals surface area contributed by atoms with E-state index in [0.717, 1.165) is 11.1 Å². The molecule has 0 aliphatic rings. The lowest BCUT2D eigenvalue weighted by Crippen LogP contribution is -2.39. The lowest BCUT2D eigenvalue weighted by Gasteiger charge is -2.19. The fourth-order valence-electron chi connectivity index (χ4n) is 1.87. The van der Waals surface area contributed by atoms with Crippen LogP contribution in [0.15, 0.2) is 18.2 Å². The molecule has 0 fully saturated rings. The Morgan fingerprint density at radius 2 is 1.65 bits per heavy atom. The molecule has 0 amide bonds. The highest BCUT2D eigenvalue weighted by molar-refractivity contribution is 7.85. The summed E-state index contributed by atoms with van der Waals surface area (Å²) in [4.78, 5) is 11.9. The number of halogens is 3. The Morgan fingerprint density at radius 3 is 2.00 bits per heavy atom. The van der Waals surface area contributed by atoms with E-state index in [9.17, 15) is 26.4 Å². The van der Waals surface area contributed by atoms with E-state index in [0.29, 0.717) is 12.6 Å². The second kappa shape index (κ2) is 7.39. The first-order chi connectivity index (χ1) is 10.5. The third-order valence-electron chi connectivity index (χ3n) is 3.08. The normalized spacial score (nSPS) is 13.6. The van der Waals surface area contributed by atoms with Gasteiger partial charge in [0.2, 0.25) is 6.10 Å². The van der Waals surface area contributed by atoms with Gasteiger partial charge in [-0.25, -0.2) is 4.79 Å². The van der Waals surface area contributed by atoms with Gasteiger partial charge >= 0.3 is 12.1 Å². The molecule has 1 rings (SSSR count). The summed E-state index contributed by atoms with van der Waals surface area (Å²) in [7, 11) is -1.32. The Labute approximate surface area is 133 Å². The van der Waals surface area contributed by atoms with Crippen molar-refractivity contribution >= 4 is 31.8 Å². The number of ether oxygens (including phenoxy) is 1. The topological polar surface area (TPSA) is 80.7 Å². The highest BCUT2D eigenvalue weighted by Gasteiger charge is 2.45. The predicted molar refractivity (Wildman–Crippen MR) is 82.6 cm³/mol. The minimum Gasteiger partial charge on any atom is -0.448 e. The molecule has 1 aromatic carbocycles. The Hall–Kier alpha value is -1.48. The molecule has 0 heterocycles. The molecule has 0 spiro atoms. The highest BCUT2D eigenvalue weighted by Crippen LogP contribution is 2.25. The molecule has 1 N–H and O–H groups in total. The van der Waals surface area contributed by atoms with Crippen LogP contribution in [-0.2, 0) is 27.5 Å². The molecule has 1 unspecified atom stereocenters. The van der Waals surface area contributed by atoms with E-state index in [1.54, 1.807) is 0 Å². The SMILES string of the molecule is BCc1cc(CB)cc(C(=O)OC(CS(=O)(=O)O)C(F)(F)F)c1. The van der Waals surface area contributed by atoms with Gasteiger partial charge in [0.05, 0.1) is 5.56 Å². The summed E-state index contributed by atoms with van der Waals surface area (Å²) in [5.41, 5.74) is 1.40. The lowest BCUT2D eigenvalue weighted by atomic mass is 9.89. The summed E-state index contributed by atoms with van der Waals surface area (Å²) < 4.78 is 72.5. The molecular weight excluding hydrogens is 335 g/mol. The molecule has 0 bridgehead atoms. The quantitative estimate of drug-likeness (QED) is 0.441. The van der Waals surface area contributed by atoms with Crippen LogP contribution in [-0.4, -0.2) is 52.7 Å². The zero-order valence-corrected chi connectivity index (χ0v) is 13.4. The van der Waals surface area contributed by atoms with Crippen LogP contribution in [0.4, 0.5) is 13.2 Å². The average Bonchev–Trinajstić information content (AvgIpc) is 2.43. The monoisotopic (exact) mass is 350 g/mol. The number of hydrogen-bond acceptors (Lipinski definition) is 4. The average molecular weight is 350 g/mol. The number of hydrogen-bond donors (Lipinski definition) is 1. The lowest BCUT2D eigenvalue weighted by molar-refractivity contribution is -0.197. The Balaban J connectivity index is 3.08. The zero-order valence-electron chi connectivity index (χ0n) is 12.6. The Kier molecular flexibility index (Phi) is 6.29. The number of benzene rings is 1. The van der Waals surface area contributed by atoms with E-state index in [1.165, 1.54) is 12.1 Å². The fourth-order valence-corrected chi connectivity index (χ4v) is 2.51. The maximum atomic E-state index is 12.8. The van der Waals surface area contributed by atoms with Gasteiger partial charge in [-0.2, -0.15) is 21.6 Å². The molecule has 0 aromatic heterocycles. The van der Waals surface area contributed by atoms with E-state index < -0.39 is 34.1 Å². The molecular formula is C12H15B2F3O5S. The molecule has 0 aliphatic carbocycles. The van der Waals surface area contributed by atoms with Gasteiger partial charge in [0.1, 0.15) is 21.4 Å². The van der Waals surface area contributed by atoms with Crippen LogP contribution in [0.2, 0.25) is 0 Å². The highest BCUT2D eigenvalue weighted by atomic mass is 32.2. The van der Waals surface area contributed by atoms with Crippen LogP contribution < -0.4 is 0 Å². The number of rotatable bonds is 6. The standard InChI is InChI=1S/C12H15B2F3O5S/c13-4-7-1-8(5-14)3-9(2-7)11(18)22-10(12(15,16)17)6-23(19,20)21/h1-3,10H,4-6,13-14H2,(H,19,20,21). The van der Waals surface area contributed by atoms with Crippen LogP contribution in [0.1, 0.15) is 21.5 Å². The van der Waals surface area contributed by atoms with E-state index in [4.69, 9.17) is 4.55 Å². The van der Waals surface area contributed by atoms with Crippen LogP contribution >= 0.6 is 0 Å². The molecule has 126 valence electrons. The number of alkyl halides is 3. The minimum absolute atomic E-state index is 0.0919. The molecule has 5 nitrogen and oxygen atoms in total. The molecule has 0 aliphatic heterocycles. The van der Waals surface area contributed by atoms with Gasteiger partial charge in [-0.15, -0.1) is 0 Å². The molecule has 0 saturated heterocycles. The molecule has 1 aromatic rings. The van der Waals surface area contributed by atoms with Gasteiger partial charge in [0.25, 0.3) is 10.1 Å². The Bertz CT molecular complexity index is 654. The summed E-state index contributed by atoms with van der Waals surface area (Å²) >= 11 is 0. The van der Waals surface area contributed by atoms with Crippen LogP contribution in [0, 0.1) is 0 Å². The second-order valence-corrected chi connectivity index (χ2v) is 6.43. The maximum absolute atomic E-state index is 12.8. The third kappa shape index (κ3) is 6.26. The number of esters is 1. The molecule has 0 radical (unpaired) electrons. The van der Waals surface area contributed by atoms with Crippen LogP contribution in [0.25, 0.3) is 0 Å². The largest absolute Gasteiger partial charge is 0.448 e. The van der Waals surface area contributed by atoms with Crippen molar-refractivity contribution in [1.29, 1.82) is 0 Å². The van der Waals surface area contributed by atoms with E-state index >= 15 is 0 Å². The summed E-state index contributed by atoms with van der Waals surface area (Å²) in [6.07, 6.45) is -6.90. The van der Waals surface area contributed by atoms with Crippen molar-refractivity contribution in [2.45, 2.75) is 24.9 Å². The van der Waals surface area contributed by atoms with E-state index in [-0.39, 0.29) is 5.56 Å². The van der Waals surface area contributed by atoms with Crippen molar-refractivity contribution in [3.8, 4) is 0 Å². The first kappa shape index (κ1) is 19.6. The van der Waals surface area contributed by atoms with Crippen molar-refractivity contribution in [3.63, 3.8) is 0 Å². The number of carbonyl (C=O) groups excluding carboxylic acids is 1. The predicted octanol–water partition coefficient (Wildman–Crippen LogP) is -0.0717. The van der Waals surface area contributed by atoms with Gasteiger partial charge in [-0.05, 0) is 12.1 Å². The summed E-state index contributed by atoms with van der Waals surface area (Å²) in [5.74, 6) is -3.03. The molecule has 0 saturated carbocycles. The Morgan fingerprint density at radius 1 is 1.17 bits per heavy atom. The first-order valence-corrected chi connectivity index (χ1v) is 8.42. The summed E-state index contributed by atoms with van der Waals surface area (Å²) in [6.45, 7) is 0. The zero-order chi connectivity index (χ0) is 17.8. The van der Waals surface area contributed by atoms with Gasteiger partial charge in [0.15, 0.2) is 0 Å². The smallest absolute Gasteiger partial charge is 0.426 e. The molecule has 11 heteroatoms. The van der Waals surface area contributed by atoms with Crippen molar-refractivity contribution < 1.29 is 35.7 Å². The van der Waals surface area contributed by atoms with Gasteiger partial charge in [-0.1, -0.05) is 29.8 Å². The fraction of sp³-hybridized carbons (Fsp3) is 0.417. The first-order valence-electron chi connectivity index (χ1n) is 6.82. The molecule has 1 atom stereocenters. The van der Waals surface area contributed by atoms with Crippen molar-refractivity contribution in [1.82, 2.24) is 0 Å². The number of carbonyl (C=O) groups is 1. The summed E-state index contributed by atoms with van der Waals surface area (Å²) in [6, 6.07) is 4.60. The van der Waals surface area contributed by atoms with Gasteiger partial charge < -0.3 is 4.74 Å². The van der Waals surface area contributed by atoms with Crippen molar-refractivity contribution in [2.75, 3.05) is 5.75 Å². The minimum atomic E-state index is -5.11.